The summed E-state index contributed by atoms with van der Waals surface area (Å²) in [6.07, 6.45) is 10.4. The molecule has 0 aromatic rings. The lowest BCUT2D eigenvalue weighted by Crippen LogP contribution is -2.62. The van der Waals surface area contributed by atoms with Gasteiger partial charge in [-0.25, -0.2) is 0 Å². The molecule has 4 rings (SSSR count). The first-order valence-corrected chi connectivity index (χ1v) is 14.8. The summed E-state index contributed by atoms with van der Waals surface area (Å²) in [5, 5.41) is 10.4. The van der Waals surface area contributed by atoms with Crippen molar-refractivity contribution in [3.8, 4) is 0 Å². The van der Waals surface area contributed by atoms with Gasteiger partial charge >= 0.3 is 0 Å². The smallest absolute Gasteiger partial charge is 0.249 e. The maximum Gasteiger partial charge on any atom is 0.249 e. The number of hydrogen-bond donors (Lipinski definition) is 1. The summed E-state index contributed by atoms with van der Waals surface area (Å²) in [6.45, 7) is 17.8. The van der Waals surface area contributed by atoms with E-state index in [4.69, 9.17) is 4.74 Å². The van der Waals surface area contributed by atoms with Crippen LogP contribution in [0.2, 0.25) is 0 Å². The second kappa shape index (κ2) is 10.3. The lowest BCUT2D eigenvalue weighted by Gasteiger charge is -2.45. The van der Waals surface area contributed by atoms with Gasteiger partial charge in [0.15, 0.2) is 0 Å². The third kappa shape index (κ3) is 4.65. The summed E-state index contributed by atoms with van der Waals surface area (Å²) in [4.78, 5) is 48.7. The van der Waals surface area contributed by atoms with Crippen molar-refractivity contribution in [1.82, 2.24) is 14.7 Å². The van der Waals surface area contributed by atoms with Crippen LogP contribution in [-0.4, -0.2) is 92.6 Å². The monoisotopic (exact) mass is 543 g/mol. The average Bonchev–Trinajstić information content (AvgIpc) is 3.13. The molecule has 1 unspecified atom stereocenters. The van der Waals surface area contributed by atoms with E-state index >= 15 is 0 Å². The summed E-state index contributed by atoms with van der Waals surface area (Å²) < 4.78 is 7.03. The maximum absolute atomic E-state index is 14.7. The summed E-state index contributed by atoms with van der Waals surface area (Å²) in [6, 6.07) is -1.50. The molecule has 8 heteroatoms. The van der Waals surface area contributed by atoms with E-state index < -0.39 is 40.7 Å². The van der Waals surface area contributed by atoms with Crippen LogP contribution in [0.3, 0.4) is 0 Å². The Bertz CT molecular complexity index is 1040. The van der Waals surface area contributed by atoms with Crippen molar-refractivity contribution in [3.05, 3.63) is 24.3 Å². The predicted octanol–water partition coefficient (Wildman–Crippen LogP) is 3.54. The van der Waals surface area contributed by atoms with Crippen molar-refractivity contribution in [2.45, 2.75) is 110 Å². The predicted molar refractivity (Wildman–Crippen MR) is 151 cm³/mol. The van der Waals surface area contributed by atoms with Gasteiger partial charge in [0.25, 0.3) is 0 Å². The number of carbonyl (C=O) groups excluding carboxylic acids is 3. The van der Waals surface area contributed by atoms with Gasteiger partial charge in [-0.05, 0) is 44.9 Å². The number of amides is 3. The number of hydrogen-bond acceptors (Lipinski definition) is 5. The van der Waals surface area contributed by atoms with Crippen LogP contribution in [0.15, 0.2) is 24.3 Å². The van der Waals surface area contributed by atoms with E-state index in [1.54, 1.807) is 4.90 Å². The molecule has 39 heavy (non-hydrogen) atoms. The summed E-state index contributed by atoms with van der Waals surface area (Å²) in [5.74, 6) is -2.12. The van der Waals surface area contributed by atoms with E-state index in [-0.39, 0.29) is 29.7 Å². The van der Waals surface area contributed by atoms with E-state index in [9.17, 15) is 19.5 Å². The summed E-state index contributed by atoms with van der Waals surface area (Å²) in [5.41, 5.74) is -2.78. The number of aliphatic hydroxyl groups excluding tert-OH is 1. The Kier molecular flexibility index (Phi) is 7.89. The lowest BCUT2D eigenvalue weighted by molar-refractivity contribution is -0.160. The molecule has 0 aromatic heterocycles. The van der Waals surface area contributed by atoms with Crippen LogP contribution in [0.4, 0.5) is 0 Å². The van der Waals surface area contributed by atoms with Gasteiger partial charge in [0.05, 0.1) is 30.1 Å². The highest BCUT2D eigenvalue weighted by Gasteiger charge is 2.76. The Morgan fingerprint density at radius 1 is 0.974 bits per heavy atom. The molecule has 218 valence electrons. The third-order valence-corrected chi connectivity index (χ3v) is 9.22. The van der Waals surface area contributed by atoms with Crippen LogP contribution in [0.25, 0.3) is 0 Å². The van der Waals surface area contributed by atoms with Gasteiger partial charge in [0.2, 0.25) is 17.7 Å². The molecule has 2 fully saturated rings. The minimum atomic E-state index is -1.29. The Morgan fingerprint density at radius 3 is 2.21 bits per heavy atom. The van der Waals surface area contributed by atoms with Crippen molar-refractivity contribution < 1.29 is 24.2 Å². The van der Waals surface area contributed by atoms with Crippen molar-refractivity contribution in [1.29, 1.82) is 0 Å². The number of ether oxygens (including phenoxy) is 1. The van der Waals surface area contributed by atoms with Gasteiger partial charge in [-0.3, -0.25) is 14.4 Å². The first kappa shape index (κ1) is 29.8. The highest BCUT2D eigenvalue weighted by molar-refractivity contribution is 6.00. The number of fused-ring (bicyclic) bond motifs is 2. The van der Waals surface area contributed by atoms with Crippen LogP contribution >= 0.6 is 0 Å². The van der Waals surface area contributed by atoms with Crippen molar-refractivity contribution in [3.63, 3.8) is 0 Å². The average molecular weight is 544 g/mol. The van der Waals surface area contributed by atoms with Crippen LogP contribution in [0, 0.1) is 17.3 Å². The summed E-state index contributed by atoms with van der Waals surface area (Å²) >= 11 is 0. The van der Waals surface area contributed by atoms with Crippen LogP contribution in [0.5, 0.6) is 0 Å². The van der Waals surface area contributed by atoms with Crippen LogP contribution in [-0.2, 0) is 19.1 Å². The number of carbonyl (C=O) groups is 3. The quantitative estimate of drug-likeness (QED) is 0.473. The molecule has 0 radical (unpaired) electrons. The standard InChI is InChI=1S/C31H49N3O5/c1-9-16-32-17-12-14-30(11-3)22(25(32)36)23-26(37)34(21(10-2)19-35)24-27(38)33(18-13-15-31(23,24)39-30)29(7,8)20-28(4,5)6/h12-15,21-24,35H,9-11,16-20H2,1-8H3/t21-,22-,23-,24?,30+,31-/m0/s1. The number of nitrogens with zero attached hydrogens (tertiary/aromatic N) is 3. The van der Waals surface area contributed by atoms with E-state index in [1.165, 1.54) is 0 Å². The number of likely N-dealkylation sites (tertiary alicyclic amines) is 1. The van der Waals surface area contributed by atoms with Gasteiger partial charge in [0.1, 0.15) is 11.6 Å². The summed E-state index contributed by atoms with van der Waals surface area (Å²) in [7, 11) is 0. The number of aliphatic hydroxyl groups is 1. The molecule has 6 atom stereocenters. The Morgan fingerprint density at radius 2 is 1.64 bits per heavy atom. The van der Waals surface area contributed by atoms with Gasteiger partial charge in [0, 0.05) is 25.2 Å². The zero-order valence-corrected chi connectivity index (χ0v) is 25.2. The van der Waals surface area contributed by atoms with Gasteiger partial charge in [-0.15, -0.1) is 0 Å². The second-order valence-corrected chi connectivity index (χ2v) is 13.7. The largest absolute Gasteiger partial charge is 0.394 e. The minimum Gasteiger partial charge on any atom is -0.394 e. The molecule has 4 aliphatic rings. The first-order chi connectivity index (χ1) is 18.2. The van der Waals surface area contributed by atoms with Crippen molar-refractivity contribution in [2.75, 3.05) is 26.2 Å². The normalized spacial score (nSPS) is 33.7. The molecule has 1 N–H and O–H groups in total. The lowest BCUT2D eigenvalue weighted by atomic mass is 9.72. The third-order valence-electron chi connectivity index (χ3n) is 9.22. The fourth-order valence-corrected chi connectivity index (χ4v) is 7.97. The highest BCUT2D eigenvalue weighted by atomic mass is 16.5. The fraction of sp³-hybridized carbons (Fsp3) is 0.774. The van der Waals surface area contributed by atoms with Crippen LogP contribution < -0.4 is 0 Å². The van der Waals surface area contributed by atoms with Crippen molar-refractivity contribution in [2.24, 2.45) is 17.3 Å². The highest BCUT2D eigenvalue weighted by Crippen LogP contribution is 2.59. The molecule has 1 spiro atoms. The zero-order chi connectivity index (χ0) is 29.0. The SMILES string of the molecule is CCCN1CC=C[C@@]2(CC)O[C@]34C=CCN(C(C)(C)CC(C)(C)C)C(=O)C3N([C@@H](CC)CO)C(=O)[C@@H]4[C@H]2C1=O. The molecular weight excluding hydrogens is 494 g/mol. The van der Waals surface area contributed by atoms with E-state index in [2.05, 4.69) is 34.6 Å². The molecule has 0 aliphatic carbocycles. The fourth-order valence-electron chi connectivity index (χ4n) is 7.97. The number of rotatable bonds is 8. The molecule has 0 bridgehead atoms. The second-order valence-electron chi connectivity index (χ2n) is 13.7. The molecule has 4 heterocycles. The topological polar surface area (TPSA) is 90.4 Å². The van der Waals surface area contributed by atoms with Gasteiger partial charge in [-0.2, -0.15) is 0 Å². The Balaban J connectivity index is 1.90. The van der Waals surface area contributed by atoms with Gasteiger partial charge in [-0.1, -0.05) is 65.8 Å². The minimum absolute atomic E-state index is 0.0223. The molecule has 4 aliphatic heterocycles. The van der Waals surface area contributed by atoms with E-state index in [0.717, 1.165) is 12.8 Å². The first-order valence-electron chi connectivity index (χ1n) is 14.8. The van der Waals surface area contributed by atoms with E-state index in [0.29, 0.717) is 32.5 Å². The molecule has 2 saturated heterocycles. The zero-order valence-electron chi connectivity index (χ0n) is 25.2. The van der Waals surface area contributed by atoms with Crippen LogP contribution in [0.1, 0.15) is 81.1 Å². The Labute approximate surface area is 234 Å². The van der Waals surface area contributed by atoms with Gasteiger partial charge < -0.3 is 24.5 Å². The molecular formula is C31H49N3O5. The van der Waals surface area contributed by atoms with Crippen molar-refractivity contribution >= 4 is 17.7 Å². The Hall–Kier alpha value is -2.19. The molecule has 3 amide bonds. The molecule has 0 aromatic carbocycles. The molecule has 0 saturated carbocycles. The molecule has 8 nitrogen and oxygen atoms in total. The maximum atomic E-state index is 14.7. The van der Waals surface area contributed by atoms with E-state index in [1.807, 2.05) is 54.9 Å².